The first-order valence-corrected chi connectivity index (χ1v) is 17.5. The molecule has 1 aromatic rings. The summed E-state index contributed by atoms with van der Waals surface area (Å²) in [5.41, 5.74) is 0.885. The number of ether oxygens (including phenoxy) is 3. The second kappa shape index (κ2) is 15.7. The van der Waals surface area contributed by atoms with Crippen LogP contribution in [0.1, 0.15) is 71.3 Å². The van der Waals surface area contributed by atoms with Crippen molar-refractivity contribution < 1.29 is 53.2 Å². The van der Waals surface area contributed by atoms with E-state index in [1.54, 1.807) is 24.3 Å². The summed E-state index contributed by atoms with van der Waals surface area (Å²) in [5.74, 6) is -1.14. The van der Waals surface area contributed by atoms with E-state index in [0.717, 1.165) is 24.8 Å². The highest BCUT2D eigenvalue weighted by Gasteiger charge is 2.62. The van der Waals surface area contributed by atoms with Gasteiger partial charge in [0.05, 0.1) is 19.3 Å². The molecule has 3 fully saturated rings. The topological polar surface area (TPSA) is 198 Å². The summed E-state index contributed by atoms with van der Waals surface area (Å²) >= 11 is 0. The lowest BCUT2D eigenvalue weighted by atomic mass is 9.46. The summed E-state index contributed by atoms with van der Waals surface area (Å²) in [4.78, 5) is 76.9. The zero-order valence-electron chi connectivity index (χ0n) is 29.2. The molecular formula is C37H46N2O12. The first-order chi connectivity index (χ1) is 24.2. The van der Waals surface area contributed by atoms with Crippen LogP contribution < -0.4 is 10.1 Å². The smallest absolute Gasteiger partial charge is 0.464 e. The quantitative estimate of drug-likeness (QED) is 0.0917. The third-order valence-electron chi connectivity index (χ3n) is 11.4. The Balaban J connectivity index is 1.10. The first kappa shape index (κ1) is 37.7. The Morgan fingerprint density at radius 1 is 1.06 bits per heavy atom. The van der Waals surface area contributed by atoms with Gasteiger partial charge >= 0.3 is 12.1 Å². The van der Waals surface area contributed by atoms with E-state index in [2.05, 4.69) is 24.0 Å². The standard InChI is InChI=1S/C37H46N2O12/c1-22(40)38-30(34(44)48-16-4-5-17-50-39(46)47)18-23-6-9-26(10-7-23)51-35(45)49-21-32(43)29-13-12-28-27-11-8-24-19-25(41)14-15-36(24,2)33(27)31(42)20-37(28,29)3/h6-7,9-10,14-15,19,27-31,33,42H,4-5,8,11-13,16-18,20-21H2,1-3H3,(H,38,40). The minimum atomic E-state index is -1.04. The predicted molar refractivity (Wildman–Crippen MR) is 179 cm³/mol. The van der Waals surface area contributed by atoms with Gasteiger partial charge in [-0.15, -0.1) is 10.1 Å². The Labute approximate surface area is 296 Å². The van der Waals surface area contributed by atoms with E-state index in [1.807, 2.05) is 6.08 Å². The lowest BCUT2D eigenvalue weighted by Gasteiger charge is -2.58. The molecule has 0 spiro atoms. The third-order valence-corrected chi connectivity index (χ3v) is 11.4. The number of aliphatic hydroxyl groups excluding tert-OH is 1. The number of hydrogen-bond donors (Lipinski definition) is 2. The molecule has 276 valence electrons. The van der Waals surface area contributed by atoms with Gasteiger partial charge < -0.3 is 29.5 Å². The van der Waals surface area contributed by atoms with E-state index in [4.69, 9.17) is 14.2 Å². The number of fused-ring (bicyclic) bond motifs is 5. The molecule has 2 N–H and O–H groups in total. The van der Waals surface area contributed by atoms with Crippen LogP contribution in [0.3, 0.4) is 0 Å². The van der Waals surface area contributed by atoms with Crippen molar-refractivity contribution in [1.82, 2.24) is 5.32 Å². The highest BCUT2D eigenvalue weighted by molar-refractivity contribution is 6.01. The molecule has 0 heterocycles. The number of hydrogen-bond acceptors (Lipinski definition) is 12. The predicted octanol–water partition coefficient (Wildman–Crippen LogP) is 4.24. The van der Waals surface area contributed by atoms with Gasteiger partial charge in [0, 0.05) is 30.6 Å². The van der Waals surface area contributed by atoms with Crippen LogP contribution in [-0.2, 0) is 39.9 Å². The van der Waals surface area contributed by atoms with Gasteiger partial charge in [0.15, 0.2) is 18.2 Å². The van der Waals surface area contributed by atoms with Crippen LogP contribution in [0, 0.1) is 44.6 Å². The molecule has 0 radical (unpaired) electrons. The normalized spacial score (nSPS) is 29.7. The Hall–Kier alpha value is -4.59. The SMILES string of the molecule is CC(=O)NC(Cc1ccc(OC(=O)OCC(=O)C2CCC3C4CCC5=CC(=O)C=CC5(C)C4C(O)CC23C)cc1)C(=O)OCCCCO[N+](=O)[O-]. The molecule has 1 aromatic carbocycles. The van der Waals surface area contributed by atoms with Crippen LogP contribution in [0.15, 0.2) is 48.1 Å². The van der Waals surface area contributed by atoms with E-state index in [9.17, 15) is 39.2 Å². The second-order valence-corrected chi connectivity index (χ2v) is 14.6. The van der Waals surface area contributed by atoms with Crippen molar-refractivity contribution in [2.45, 2.75) is 84.3 Å². The molecule has 0 saturated heterocycles. The van der Waals surface area contributed by atoms with Gasteiger partial charge in [-0.05, 0) is 92.0 Å². The summed E-state index contributed by atoms with van der Waals surface area (Å²) in [6, 6.07) is 5.22. The third kappa shape index (κ3) is 8.49. The number of nitrogens with one attached hydrogen (secondary N) is 1. The van der Waals surface area contributed by atoms with Crippen LogP contribution in [-0.4, -0.2) is 71.8 Å². The molecule has 3 saturated carbocycles. The van der Waals surface area contributed by atoms with Gasteiger partial charge in [0.2, 0.25) is 5.91 Å². The summed E-state index contributed by atoms with van der Waals surface area (Å²) in [6.45, 7) is 4.89. The number of amides is 1. The summed E-state index contributed by atoms with van der Waals surface area (Å²) in [6.07, 6.45) is 7.95. The average molecular weight is 711 g/mol. The summed E-state index contributed by atoms with van der Waals surface area (Å²) < 4.78 is 15.7. The number of ketones is 2. The summed E-state index contributed by atoms with van der Waals surface area (Å²) in [5, 5.41) is 23.4. The van der Waals surface area contributed by atoms with Crippen molar-refractivity contribution in [2.24, 2.45) is 34.5 Å². The molecule has 4 aliphatic rings. The number of Topliss-reactive ketones (excluding diaryl/α,β-unsaturated/α-hetero) is 1. The molecule has 14 heteroatoms. The Bertz CT molecular complexity index is 1590. The van der Waals surface area contributed by atoms with Crippen molar-refractivity contribution in [2.75, 3.05) is 19.8 Å². The molecular weight excluding hydrogens is 664 g/mol. The highest BCUT2D eigenvalue weighted by atomic mass is 16.9. The molecule has 8 atom stereocenters. The first-order valence-electron chi connectivity index (χ1n) is 17.5. The number of unbranched alkanes of at least 4 members (excludes halogenated alkanes) is 1. The zero-order chi connectivity index (χ0) is 36.9. The Morgan fingerprint density at radius 2 is 1.78 bits per heavy atom. The van der Waals surface area contributed by atoms with E-state index in [1.165, 1.54) is 19.1 Å². The number of carbonyl (C=O) groups excluding carboxylic acids is 5. The van der Waals surface area contributed by atoms with Crippen LogP contribution in [0.5, 0.6) is 5.75 Å². The number of nitrogens with zero attached hydrogens (tertiary/aromatic N) is 1. The second-order valence-electron chi connectivity index (χ2n) is 14.6. The fourth-order valence-electron chi connectivity index (χ4n) is 9.20. The Kier molecular flexibility index (Phi) is 11.6. The molecule has 0 bridgehead atoms. The van der Waals surface area contributed by atoms with Crippen molar-refractivity contribution in [1.29, 1.82) is 0 Å². The van der Waals surface area contributed by atoms with E-state index in [-0.39, 0.29) is 66.0 Å². The van der Waals surface area contributed by atoms with Crippen LogP contribution in [0.2, 0.25) is 0 Å². The molecule has 14 nitrogen and oxygen atoms in total. The van der Waals surface area contributed by atoms with E-state index >= 15 is 0 Å². The molecule has 5 rings (SSSR count). The molecule has 51 heavy (non-hydrogen) atoms. The zero-order valence-corrected chi connectivity index (χ0v) is 29.2. The number of aliphatic hydroxyl groups is 1. The number of esters is 1. The van der Waals surface area contributed by atoms with Crippen molar-refractivity contribution in [3.8, 4) is 5.75 Å². The fourth-order valence-corrected chi connectivity index (χ4v) is 9.20. The number of benzene rings is 1. The molecule has 4 aliphatic carbocycles. The van der Waals surface area contributed by atoms with Crippen molar-refractivity contribution in [3.63, 3.8) is 0 Å². The van der Waals surface area contributed by atoms with Gasteiger partial charge in [-0.2, -0.15) is 0 Å². The fraction of sp³-hybridized carbons (Fsp3) is 0.595. The van der Waals surface area contributed by atoms with Crippen molar-refractivity contribution in [3.05, 3.63) is 63.7 Å². The maximum Gasteiger partial charge on any atom is 0.514 e. The van der Waals surface area contributed by atoms with Crippen LogP contribution in [0.4, 0.5) is 4.79 Å². The Morgan fingerprint density at radius 3 is 2.49 bits per heavy atom. The van der Waals surface area contributed by atoms with Crippen molar-refractivity contribution >= 4 is 29.6 Å². The van der Waals surface area contributed by atoms with E-state index in [0.29, 0.717) is 31.2 Å². The van der Waals surface area contributed by atoms with Gasteiger partial charge in [-0.1, -0.05) is 37.6 Å². The van der Waals surface area contributed by atoms with Crippen LogP contribution >= 0.6 is 0 Å². The molecule has 8 unspecified atom stereocenters. The molecule has 0 aromatic heterocycles. The van der Waals surface area contributed by atoms with E-state index < -0.39 is 47.3 Å². The average Bonchev–Trinajstić information content (AvgIpc) is 3.42. The largest absolute Gasteiger partial charge is 0.514 e. The monoisotopic (exact) mass is 710 g/mol. The van der Waals surface area contributed by atoms with Gasteiger partial charge in [0.1, 0.15) is 11.8 Å². The molecule has 0 aliphatic heterocycles. The highest BCUT2D eigenvalue weighted by Crippen LogP contribution is 2.66. The number of carbonyl (C=O) groups is 5. The minimum absolute atomic E-state index is 0.00315. The minimum Gasteiger partial charge on any atom is -0.464 e. The molecule has 1 amide bonds. The lowest BCUT2D eigenvalue weighted by Crippen LogP contribution is -2.56. The van der Waals surface area contributed by atoms with Gasteiger partial charge in [0.25, 0.3) is 5.09 Å². The summed E-state index contributed by atoms with van der Waals surface area (Å²) in [7, 11) is 0. The van der Waals surface area contributed by atoms with Crippen LogP contribution in [0.25, 0.3) is 0 Å². The lowest BCUT2D eigenvalue weighted by molar-refractivity contribution is -0.757. The maximum atomic E-state index is 13.5. The maximum absolute atomic E-state index is 13.5. The van der Waals surface area contributed by atoms with Gasteiger partial charge in [-0.25, -0.2) is 9.59 Å². The van der Waals surface area contributed by atoms with Gasteiger partial charge in [-0.3, -0.25) is 14.4 Å². The number of allylic oxidation sites excluding steroid dienone is 4. The number of rotatable bonds is 14.